The Kier molecular flexibility index (Phi) is 3.76. The van der Waals surface area contributed by atoms with Gasteiger partial charge in [-0.25, -0.2) is 0 Å². The molecule has 86 valence electrons. The van der Waals surface area contributed by atoms with Crippen LogP contribution in [0.5, 0.6) is 5.75 Å². The summed E-state index contributed by atoms with van der Waals surface area (Å²) in [5.74, 6) is 1.87. The zero-order valence-corrected chi connectivity index (χ0v) is 11.0. The molecular formula is C11H12BrNO2S. The van der Waals surface area contributed by atoms with Gasteiger partial charge in [-0.05, 0) is 30.4 Å². The summed E-state index contributed by atoms with van der Waals surface area (Å²) >= 11 is 5.12. The van der Waals surface area contributed by atoms with E-state index in [0.29, 0.717) is 5.56 Å². The fourth-order valence-corrected chi connectivity index (χ4v) is 3.12. The molecule has 0 spiro atoms. The number of rotatable bonds is 2. The van der Waals surface area contributed by atoms with E-state index in [9.17, 15) is 9.90 Å². The van der Waals surface area contributed by atoms with E-state index in [1.807, 2.05) is 11.8 Å². The van der Waals surface area contributed by atoms with Crippen LogP contribution in [0.1, 0.15) is 16.8 Å². The molecule has 1 unspecified atom stereocenters. The van der Waals surface area contributed by atoms with Crippen molar-refractivity contribution in [3.05, 3.63) is 28.2 Å². The number of aromatic hydroxyl groups is 1. The molecule has 0 aromatic heterocycles. The predicted octanol–water partition coefficient (Wildman–Crippen LogP) is 2.39. The van der Waals surface area contributed by atoms with E-state index < -0.39 is 0 Å². The Hall–Kier alpha value is -0.680. The first-order chi connectivity index (χ1) is 7.66. The number of thioether (sulfide) groups is 1. The van der Waals surface area contributed by atoms with Gasteiger partial charge in [0.2, 0.25) is 0 Å². The molecule has 5 heteroatoms. The van der Waals surface area contributed by atoms with Crippen LogP contribution >= 0.6 is 27.7 Å². The molecule has 1 aliphatic rings. The number of phenolic OH excluding ortho intramolecular Hbond substituents is 1. The molecule has 0 saturated carbocycles. The molecule has 0 bridgehead atoms. The zero-order chi connectivity index (χ0) is 11.5. The zero-order valence-electron chi connectivity index (χ0n) is 8.57. The van der Waals surface area contributed by atoms with Gasteiger partial charge >= 0.3 is 0 Å². The van der Waals surface area contributed by atoms with Gasteiger partial charge in [0.25, 0.3) is 5.91 Å². The fourth-order valence-electron chi connectivity index (χ4n) is 1.60. The number of amides is 1. The number of phenols is 1. The maximum absolute atomic E-state index is 11.9. The van der Waals surface area contributed by atoms with E-state index >= 15 is 0 Å². The van der Waals surface area contributed by atoms with Crippen LogP contribution in [0.4, 0.5) is 0 Å². The summed E-state index contributed by atoms with van der Waals surface area (Å²) in [6, 6.07) is 5.09. The second kappa shape index (κ2) is 5.10. The molecule has 3 nitrogen and oxygen atoms in total. The van der Waals surface area contributed by atoms with Gasteiger partial charge in [0.1, 0.15) is 5.75 Å². The Morgan fingerprint density at radius 3 is 3.06 bits per heavy atom. The molecule has 1 fully saturated rings. The highest BCUT2D eigenvalue weighted by Gasteiger charge is 2.20. The van der Waals surface area contributed by atoms with Gasteiger partial charge in [-0.1, -0.05) is 15.9 Å². The van der Waals surface area contributed by atoms with Gasteiger partial charge in [0.15, 0.2) is 0 Å². The first-order valence-electron chi connectivity index (χ1n) is 5.04. The fraction of sp³-hybridized carbons (Fsp3) is 0.364. The molecule has 1 aliphatic heterocycles. The summed E-state index contributed by atoms with van der Waals surface area (Å²) in [5, 5.41) is 12.5. The van der Waals surface area contributed by atoms with Gasteiger partial charge in [0.05, 0.1) is 5.56 Å². The Labute approximate surface area is 107 Å². The van der Waals surface area contributed by atoms with Crippen LogP contribution < -0.4 is 5.32 Å². The minimum atomic E-state index is -0.202. The Morgan fingerprint density at radius 1 is 1.56 bits per heavy atom. The highest BCUT2D eigenvalue weighted by molar-refractivity contribution is 9.10. The second-order valence-electron chi connectivity index (χ2n) is 3.70. The quantitative estimate of drug-likeness (QED) is 0.882. The van der Waals surface area contributed by atoms with E-state index in [1.54, 1.807) is 12.1 Å². The first kappa shape index (κ1) is 11.8. The van der Waals surface area contributed by atoms with Crippen molar-refractivity contribution in [3.63, 3.8) is 0 Å². The number of carbonyl (C=O) groups is 1. The molecule has 1 aromatic rings. The molecule has 16 heavy (non-hydrogen) atoms. The lowest BCUT2D eigenvalue weighted by molar-refractivity contribution is 0.0938. The van der Waals surface area contributed by atoms with Gasteiger partial charge in [-0.2, -0.15) is 11.8 Å². The van der Waals surface area contributed by atoms with Crippen molar-refractivity contribution in [2.45, 2.75) is 12.5 Å². The third-order valence-corrected chi connectivity index (χ3v) is 4.12. The van der Waals surface area contributed by atoms with Gasteiger partial charge in [0, 0.05) is 16.3 Å². The Balaban J connectivity index is 2.10. The molecule has 1 atom stereocenters. The summed E-state index contributed by atoms with van der Waals surface area (Å²) in [4.78, 5) is 11.9. The molecule has 1 saturated heterocycles. The number of hydrogen-bond acceptors (Lipinski definition) is 3. The van der Waals surface area contributed by atoms with Crippen LogP contribution in [0.15, 0.2) is 22.7 Å². The number of benzene rings is 1. The Bertz CT molecular complexity index is 405. The second-order valence-corrected chi connectivity index (χ2v) is 5.76. The standard InChI is InChI=1S/C11H12BrNO2S/c12-7-1-2-10(14)9(5-7)11(15)13-8-3-4-16-6-8/h1-2,5,8,14H,3-4,6H2,(H,13,15). The largest absolute Gasteiger partial charge is 0.507 e. The molecular weight excluding hydrogens is 290 g/mol. The number of nitrogens with one attached hydrogen (secondary N) is 1. The molecule has 0 aliphatic carbocycles. The van der Waals surface area contributed by atoms with Crippen LogP contribution in [-0.2, 0) is 0 Å². The smallest absolute Gasteiger partial charge is 0.255 e. The molecule has 2 rings (SSSR count). The highest BCUT2D eigenvalue weighted by atomic mass is 79.9. The SMILES string of the molecule is O=C(NC1CCSC1)c1cc(Br)ccc1O. The van der Waals surface area contributed by atoms with E-state index in [4.69, 9.17) is 0 Å². The summed E-state index contributed by atoms with van der Waals surface area (Å²) in [7, 11) is 0. The van der Waals surface area contributed by atoms with E-state index in [1.165, 1.54) is 6.07 Å². The molecule has 1 heterocycles. The monoisotopic (exact) mass is 301 g/mol. The van der Waals surface area contributed by atoms with Gasteiger partial charge in [-0.3, -0.25) is 4.79 Å². The lowest BCUT2D eigenvalue weighted by Gasteiger charge is -2.12. The van der Waals surface area contributed by atoms with Crippen molar-refractivity contribution in [2.24, 2.45) is 0 Å². The minimum Gasteiger partial charge on any atom is -0.507 e. The first-order valence-corrected chi connectivity index (χ1v) is 6.98. The summed E-state index contributed by atoms with van der Waals surface area (Å²) in [5.41, 5.74) is 0.325. The van der Waals surface area contributed by atoms with Crippen molar-refractivity contribution >= 4 is 33.6 Å². The normalized spacial score (nSPS) is 19.7. The van der Waals surface area contributed by atoms with Crippen LogP contribution in [0.3, 0.4) is 0 Å². The van der Waals surface area contributed by atoms with Crippen molar-refractivity contribution in [2.75, 3.05) is 11.5 Å². The van der Waals surface area contributed by atoms with Gasteiger partial charge < -0.3 is 10.4 Å². The molecule has 1 amide bonds. The maximum Gasteiger partial charge on any atom is 0.255 e. The predicted molar refractivity (Wildman–Crippen MR) is 69.0 cm³/mol. The Morgan fingerprint density at radius 2 is 2.38 bits per heavy atom. The van der Waals surface area contributed by atoms with Crippen LogP contribution in [-0.4, -0.2) is 28.6 Å². The summed E-state index contributed by atoms with van der Waals surface area (Å²) in [6.45, 7) is 0. The maximum atomic E-state index is 11.9. The van der Waals surface area contributed by atoms with Crippen molar-refractivity contribution in [1.82, 2.24) is 5.32 Å². The molecule has 0 radical (unpaired) electrons. The minimum absolute atomic E-state index is 0.0198. The molecule has 2 N–H and O–H groups in total. The topological polar surface area (TPSA) is 49.3 Å². The number of hydrogen-bond donors (Lipinski definition) is 2. The third kappa shape index (κ3) is 2.71. The van der Waals surface area contributed by atoms with Crippen LogP contribution in [0.25, 0.3) is 0 Å². The van der Waals surface area contributed by atoms with Crippen LogP contribution in [0.2, 0.25) is 0 Å². The van der Waals surface area contributed by atoms with Crippen molar-refractivity contribution in [1.29, 1.82) is 0 Å². The van der Waals surface area contributed by atoms with E-state index in [-0.39, 0.29) is 17.7 Å². The van der Waals surface area contributed by atoms with Crippen molar-refractivity contribution in [3.8, 4) is 5.75 Å². The lowest BCUT2D eigenvalue weighted by atomic mass is 10.1. The van der Waals surface area contributed by atoms with Crippen LogP contribution in [0, 0.1) is 0 Å². The van der Waals surface area contributed by atoms with E-state index in [2.05, 4.69) is 21.2 Å². The van der Waals surface area contributed by atoms with E-state index in [0.717, 1.165) is 22.4 Å². The summed E-state index contributed by atoms with van der Waals surface area (Å²) in [6.07, 6.45) is 1.01. The van der Waals surface area contributed by atoms with Gasteiger partial charge in [-0.15, -0.1) is 0 Å². The molecule has 1 aromatic carbocycles. The summed E-state index contributed by atoms with van der Waals surface area (Å²) < 4.78 is 0.788. The highest BCUT2D eigenvalue weighted by Crippen LogP contribution is 2.23. The third-order valence-electron chi connectivity index (χ3n) is 2.47. The van der Waals surface area contributed by atoms with Crippen molar-refractivity contribution < 1.29 is 9.90 Å². The lowest BCUT2D eigenvalue weighted by Crippen LogP contribution is -2.34. The average molecular weight is 302 g/mol. The number of carbonyl (C=O) groups excluding carboxylic acids is 1. The number of halogens is 1. The average Bonchev–Trinajstić information content (AvgIpc) is 2.74.